The van der Waals surface area contributed by atoms with Crippen LogP contribution in [0.25, 0.3) is 0 Å². The number of anilines is 1. The third-order valence-electron chi connectivity index (χ3n) is 5.43. The van der Waals surface area contributed by atoms with E-state index >= 15 is 0 Å². The van der Waals surface area contributed by atoms with Gasteiger partial charge in [0.1, 0.15) is 12.3 Å². The molecule has 3 aromatic carbocycles. The number of aryl methyl sites for hydroxylation is 1. The van der Waals surface area contributed by atoms with E-state index in [9.17, 15) is 9.59 Å². The number of hydrogen-bond acceptors (Lipinski definition) is 6. The lowest BCUT2D eigenvalue weighted by Crippen LogP contribution is -2.33. The summed E-state index contributed by atoms with van der Waals surface area (Å²) >= 11 is 7.83. The van der Waals surface area contributed by atoms with Crippen LogP contribution in [0.15, 0.2) is 71.6 Å². The number of nitrogens with zero attached hydrogens (tertiary/aromatic N) is 1. The predicted molar refractivity (Wildman–Crippen MR) is 141 cm³/mol. The summed E-state index contributed by atoms with van der Waals surface area (Å²) < 4.78 is 11.8. The second-order valence-electron chi connectivity index (χ2n) is 7.86. The summed E-state index contributed by atoms with van der Waals surface area (Å²) in [6.07, 6.45) is 0.952. The molecule has 0 aliphatic heterocycles. The summed E-state index contributed by atoms with van der Waals surface area (Å²) in [5.74, 6) is 0.435. The lowest BCUT2D eigenvalue weighted by molar-refractivity contribution is -0.140. The van der Waals surface area contributed by atoms with Crippen LogP contribution in [0.3, 0.4) is 0 Å². The van der Waals surface area contributed by atoms with Gasteiger partial charge in [0.15, 0.2) is 0 Å². The SMILES string of the molecule is COC(=O)CCc1ccc(SN(CC(=O)NCc2ccc(OC)cc2)c2cccc(Cl)c2C)cc1. The van der Waals surface area contributed by atoms with Crippen molar-refractivity contribution in [1.82, 2.24) is 5.32 Å². The van der Waals surface area contributed by atoms with Gasteiger partial charge in [-0.2, -0.15) is 0 Å². The van der Waals surface area contributed by atoms with E-state index in [-0.39, 0.29) is 18.4 Å². The van der Waals surface area contributed by atoms with Gasteiger partial charge in [-0.25, -0.2) is 0 Å². The van der Waals surface area contributed by atoms with Crippen molar-refractivity contribution in [3.05, 3.63) is 88.4 Å². The Morgan fingerprint density at radius 1 is 0.971 bits per heavy atom. The number of halogens is 1. The molecule has 0 unspecified atom stereocenters. The Morgan fingerprint density at radius 2 is 1.66 bits per heavy atom. The Morgan fingerprint density at radius 3 is 2.31 bits per heavy atom. The standard InChI is InChI=1S/C27H29ClN2O4S/c1-19-24(28)5-4-6-25(19)30(18-26(31)29-17-21-7-12-22(33-2)13-8-21)35-23-14-9-20(10-15-23)11-16-27(32)34-3/h4-10,12-15H,11,16-18H2,1-3H3,(H,29,31). The minimum atomic E-state index is -0.230. The maximum atomic E-state index is 12.9. The van der Waals surface area contributed by atoms with Gasteiger partial charge < -0.3 is 19.1 Å². The summed E-state index contributed by atoms with van der Waals surface area (Å²) in [5.41, 5.74) is 3.80. The molecule has 3 aromatic rings. The minimum Gasteiger partial charge on any atom is -0.497 e. The first kappa shape index (κ1) is 26.4. The smallest absolute Gasteiger partial charge is 0.305 e. The molecule has 0 fully saturated rings. The highest BCUT2D eigenvalue weighted by Gasteiger charge is 2.17. The number of rotatable bonds is 11. The zero-order valence-electron chi connectivity index (χ0n) is 20.0. The first-order chi connectivity index (χ1) is 16.9. The highest BCUT2D eigenvalue weighted by atomic mass is 35.5. The van der Waals surface area contributed by atoms with Crippen LogP contribution in [0.5, 0.6) is 5.75 Å². The molecule has 0 radical (unpaired) electrons. The highest BCUT2D eigenvalue weighted by Crippen LogP contribution is 2.34. The maximum absolute atomic E-state index is 12.9. The van der Waals surface area contributed by atoms with Crippen LogP contribution in [0.2, 0.25) is 5.02 Å². The maximum Gasteiger partial charge on any atom is 0.305 e. The van der Waals surface area contributed by atoms with E-state index in [2.05, 4.69) is 5.32 Å². The Balaban J connectivity index is 1.70. The van der Waals surface area contributed by atoms with E-state index in [1.54, 1.807) is 7.11 Å². The molecule has 1 N–H and O–H groups in total. The molecule has 0 spiro atoms. The lowest BCUT2D eigenvalue weighted by Gasteiger charge is -2.25. The molecular formula is C27H29ClN2O4S. The number of carbonyl (C=O) groups excluding carboxylic acids is 2. The zero-order chi connectivity index (χ0) is 25.2. The van der Waals surface area contributed by atoms with Gasteiger partial charge in [0.25, 0.3) is 0 Å². The topological polar surface area (TPSA) is 67.9 Å². The summed E-state index contributed by atoms with van der Waals surface area (Å²) in [7, 11) is 3.01. The van der Waals surface area contributed by atoms with Crippen molar-refractivity contribution >= 4 is 41.1 Å². The third kappa shape index (κ3) is 7.94. The van der Waals surface area contributed by atoms with Gasteiger partial charge in [-0.1, -0.05) is 41.9 Å². The van der Waals surface area contributed by atoms with Gasteiger partial charge in [-0.3, -0.25) is 9.59 Å². The van der Waals surface area contributed by atoms with Gasteiger partial charge in [0.2, 0.25) is 5.91 Å². The molecule has 0 saturated carbocycles. The third-order valence-corrected chi connectivity index (χ3v) is 6.87. The summed E-state index contributed by atoms with van der Waals surface area (Å²) in [6, 6.07) is 21.2. The molecule has 184 valence electrons. The quantitative estimate of drug-likeness (QED) is 0.267. The number of methoxy groups -OCH3 is 2. The number of hydrogen-bond donors (Lipinski definition) is 1. The van der Waals surface area contributed by atoms with Crippen LogP contribution < -0.4 is 14.4 Å². The summed E-state index contributed by atoms with van der Waals surface area (Å²) in [6.45, 7) is 2.51. The molecule has 0 heterocycles. The first-order valence-corrected chi connectivity index (χ1v) is 12.3. The molecule has 0 aromatic heterocycles. The Labute approximate surface area is 215 Å². The summed E-state index contributed by atoms with van der Waals surface area (Å²) in [4.78, 5) is 25.2. The minimum absolute atomic E-state index is 0.109. The molecule has 0 aliphatic carbocycles. The van der Waals surface area contributed by atoms with Gasteiger partial charge in [0, 0.05) is 22.9 Å². The molecule has 8 heteroatoms. The van der Waals surface area contributed by atoms with E-state index in [0.29, 0.717) is 24.4 Å². The van der Waals surface area contributed by atoms with Crippen molar-refractivity contribution in [2.45, 2.75) is 31.2 Å². The van der Waals surface area contributed by atoms with Crippen molar-refractivity contribution in [3.8, 4) is 5.75 Å². The fraction of sp³-hybridized carbons (Fsp3) is 0.259. The first-order valence-electron chi connectivity index (χ1n) is 11.2. The lowest BCUT2D eigenvalue weighted by atomic mass is 10.1. The van der Waals surface area contributed by atoms with E-state index in [1.165, 1.54) is 19.1 Å². The predicted octanol–water partition coefficient (Wildman–Crippen LogP) is 5.59. The fourth-order valence-corrected chi connectivity index (χ4v) is 4.52. The molecule has 0 atom stereocenters. The average Bonchev–Trinajstić information content (AvgIpc) is 2.88. The molecule has 35 heavy (non-hydrogen) atoms. The van der Waals surface area contributed by atoms with Crippen molar-refractivity contribution in [2.24, 2.45) is 0 Å². The molecule has 0 bridgehead atoms. The fourth-order valence-electron chi connectivity index (χ4n) is 3.36. The van der Waals surface area contributed by atoms with Crippen LogP contribution >= 0.6 is 23.5 Å². The molecule has 3 rings (SSSR count). The molecular weight excluding hydrogens is 484 g/mol. The van der Waals surface area contributed by atoms with Gasteiger partial charge >= 0.3 is 5.97 Å². The van der Waals surface area contributed by atoms with Crippen LogP contribution in [0.1, 0.15) is 23.1 Å². The number of ether oxygens (including phenoxy) is 2. The number of amides is 1. The molecule has 6 nitrogen and oxygen atoms in total. The largest absolute Gasteiger partial charge is 0.497 e. The Bertz CT molecular complexity index is 1140. The number of esters is 1. The van der Waals surface area contributed by atoms with E-state index in [1.807, 2.05) is 78.0 Å². The van der Waals surface area contributed by atoms with Crippen molar-refractivity contribution in [1.29, 1.82) is 0 Å². The normalized spacial score (nSPS) is 10.5. The van der Waals surface area contributed by atoms with E-state index < -0.39 is 0 Å². The van der Waals surface area contributed by atoms with Gasteiger partial charge in [0.05, 0.1) is 19.9 Å². The number of benzene rings is 3. The Hall–Kier alpha value is -3.16. The zero-order valence-corrected chi connectivity index (χ0v) is 21.6. The van der Waals surface area contributed by atoms with Crippen LogP contribution in [0.4, 0.5) is 5.69 Å². The van der Waals surface area contributed by atoms with Crippen LogP contribution in [0, 0.1) is 6.92 Å². The number of carbonyl (C=O) groups is 2. The van der Waals surface area contributed by atoms with Crippen LogP contribution in [-0.4, -0.2) is 32.6 Å². The van der Waals surface area contributed by atoms with E-state index in [4.69, 9.17) is 21.1 Å². The van der Waals surface area contributed by atoms with Crippen molar-refractivity contribution in [3.63, 3.8) is 0 Å². The highest BCUT2D eigenvalue weighted by molar-refractivity contribution is 8.00. The molecule has 1 amide bonds. The Kier molecular flexibility index (Phi) is 9.87. The average molecular weight is 513 g/mol. The molecule has 0 aliphatic rings. The molecule has 0 saturated heterocycles. The van der Waals surface area contributed by atoms with Crippen molar-refractivity contribution < 1.29 is 19.1 Å². The van der Waals surface area contributed by atoms with Crippen molar-refractivity contribution in [2.75, 3.05) is 25.1 Å². The summed E-state index contributed by atoms with van der Waals surface area (Å²) in [5, 5.41) is 3.63. The van der Waals surface area contributed by atoms with Gasteiger partial charge in [-0.05, 0) is 78.4 Å². The van der Waals surface area contributed by atoms with Gasteiger partial charge in [-0.15, -0.1) is 0 Å². The monoisotopic (exact) mass is 512 g/mol. The van der Waals surface area contributed by atoms with E-state index in [0.717, 1.165) is 33.0 Å². The second-order valence-corrected chi connectivity index (χ2v) is 9.36. The second kappa shape index (κ2) is 13.1. The van der Waals surface area contributed by atoms with Crippen LogP contribution in [-0.2, 0) is 27.3 Å². The number of nitrogens with one attached hydrogen (secondary N) is 1.